The van der Waals surface area contributed by atoms with Crippen LogP contribution in [-0.4, -0.2) is 47.9 Å². The fourth-order valence-electron chi connectivity index (χ4n) is 2.39. The Morgan fingerprint density at radius 3 is 2.70 bits per heavy atom. The van der Waals surface area contributed by atoms with Crippen molar-refractivity contribution in [1.29, 1.82) is 0 Å². The molecule has 0 saturated carbocycles. The van der Waals surface area contributed by atoms with Gasteiger partial charge in [-0.15, -0.1) is 0 Å². The van der Waals surface area contributed by atoms with Gasteiger partial charge in [0.15, 0.2) is 0 Å². The molecule has 2 N–H and O–H groups in total. The maximum absolute atomic E-state index is 12.3. The predicted molar refractivity (Wildman–Crippen MR) is 80.4 cm³/mol. The van der Waals surface area contributed by atoms with Gasteiger partial charge in [-0.25, -0.2) is 0 Å². The summed E-state index contributed by atoms with van der Waals surface area (Å²) in [5.74, 6) is 0.155. The highest BCUT2D eigenvalue weighted by Crippen LogP contribution is 2.12. The summed E-state index contributed by atoms with van der Waals surface area (Å²) >= 11 is 0. The summed E-state index contributed by atoms with van der Waals surface area (Å²) in [5, 5.41) is 6.21. The van der Waals surface area contributed by atoms with Gasteiger partial charge in [0.1, 0.15) is 0 Å². The fourth-order valence-corrected chi connectivity index (χ4v) is 2.39. The maximum Gasteiger partial charge on any atom is 0.239 e. The van der Waals surface area contributed by atoms with E-state index in [0.717, 1.165) is 32.4 Å². The Balaban J connectivity index is 2.39. The Morgan fingerprint density at radius 1 is 1.40 bits per heavy atom. The van der Waals surface area contributed by atoms with Gasteiger partial charge in [0.05, 0.1) is 6.04 Å². The number of amides is 2. The van der Waals surface area contributed by atoms with Crippen molar-refractivity contribution in [3.63, 3.8) is 0 Å². The van der Waals surface area contributed by atoms with Crippen molar-refractivity contribution in [2.24, 2.45) is 0 Å². The third kappa shape index (κ3) is 5.90. The third-order valence-electron chi connectivity index (χ3n) is 3.29. The minimum Gasteiger partial charge on any atom is -0.351 e. The van der Waals surface area contributed by atoms with Crippen molar-refractivity contribution < 1.29 is 9.59 Å². The molecule has 0 aromatic carbocycles. The molecule has 1 fully saturated rings. The van der Waals surface area contributed by atoms with E-state index in [4.69, 9.17) is 0 Å². The highest BCUT2D eigenvalue weighted by Gasteiger charge is 2.28. The van der Waals surface area contributed by atoms with E-state index >= 15 is 0 Å². The van der Waals surface area contributed by atoms with Crippen LogP contribution in [0.5, 0.6) is 0 Å². The molecule has 5 heteroatoms. The predicted octanol–water partition coefficient (Wildman–Crippen LogP) is 1.28. The highest BCUT2D eigenvalue weighted by atomic mass is 16.2. The molecule has 0 aromatic heterocycles. The number of hydrogen-bond acceptors (Lipinski definition) is 3. The number of nitrogens with one attached hydrogen (secondary N) is 2. The second kappa shape index (κ2) is 7.62. The number of hydrogen-bond donors (Lipinski definition) is 2. The van der Waals surface area contributed by atoms with E-state index in [1.54, 1.807) is 0 Å². The van der Waals surface area contributed by atoms with Crippen LogP contribution in [0.3, 0.4) is 0 Å². The molecule has 0 bridgehead atoms. The number of piperidine rings is 1. The van der Waals surface area contributed by atoms with Crippen molar-refractivity contribution in [3.8, 4) is 0 Å². The molecule has 1 heterocycles. The monoisotopic (exact) mass is 283 g/mol. The van der Waals surface area contributed by atoms with Crippen LogP contribution >= 0.6 is 0 Å². The van der Waals surface area contributed by atoms with Gasteiger partial charge < -0.3 is 15.5 Å². The van der Waals surface area contributed by atoms with Crippen LogP contribution in [0.2, 0.25) is 0 Å². The molecule has 1 aliphatic rings. The molecule has 20 heavy (non-hydrogen) atoms. The lowest BCUT2D eigenvalue weighted by Crippen LogP contribution is -2.51. The van der Waals surface area contributed by atoms with Crippen LogP contribution in [0.15, 0.2) is 0 Å². The molecule has 1 saturated heterocycles. The van der Waals surface area contributed by atoms with Crippen molar-refractivity contribution in [2.75, 3.05) is 19.6 Å². The van der Waals surface area contributed by atoms with E-state index in [0.29, 0.717) is 13.0 Å². The van der Waals surface area contributed by atoms with Crippen LogP contribution in [0, 0.1) is 0 Å². The van der Waals surface area contributed by atoms with Crippen molar-refractivity contribution in [1.82, 2.24) is 15.5 Å². The van der Waals surface area contributed by atoms with Crippen LogP contribution in [-0.2, 0) is 9.59 Å². The first-order valence-electron chi connectivity index (χ1n) is 7.66. The summed E-state index contributed by atoms with van der Waals surface area (Å²) in [4.78, 5) is 25.9. The number of carbonyl (C=O) groups is 2. The summed E-state index contributed by atoms with van der Waals surface area (Å²) < 4.78 is 0. The zero-order chi connectivity index (χ0) is 15.2. The lowest BCUT2D eigenvalue weighted by Gasteiger charge is -2.33. The number of nitrogens with zero attached hydrogens (tertiary/aromatic N) is 1. The highest BCUT2D eigenvalue weighted by molar-refractivity contribution is 5.83. The summed E-state index contributed by atoms with van der Waals surface area (Å²) in [7, 11) is 0. The molecule has 2 amide bonds. The molecule has 0 aliphatic carbocycles. The largest absolute Gasteiger partial charge is 0.351 e. The molecular formula is C15H29N3O2. The van der Waals surface area contributed by atoms with Gasteiger partial charge in [-0.2, -0.15) is 0 Å². The quantitative estimate of drug-likeness (QED) is 0.772. The van der Waals surface area contributed by atoms with Gasteiger partial charge in [0.25, 0.3) is 0 Å². The molecular weight excluding hydrogens is 254 g/mol. The van der Waals surface area contributed by atoms with Gasteiger partial charge >= 0.3 is 0 Å². The molecule has 0 radical (unpaired) electrons. The first kappa shape index (κ1) is 17.0. The topological polar surface area (TPSA) is 61.4 Å². The Labute approximate surface area is 122 Å². The average molecular weight is 283 g/mol. The lowest BCUT2D eigenvalue weighted by molar-refractivity contribution is -0.136. The van der Waals surface area contributed by atoms with Gasteiger partial charge in [0.2, 0.25) is 11.8 Å². The second-order valence-corrected chi connectivity index (χ2v) is 6.52. The van der Waals surface area contributed by atoms with E-state index in [1.807, 2.05) is 25.7 Å². The number of likely N-dealkylation sites (tertiary alicyclic amines) is 1. The first-order valence-corrected chi connectivity index (χ1v) is 7.66. The molecule has 5 nitrogen and oxygen atoms in total. The summed E-state index contributed by atoms with van der Waals surface area (Å²) in [5.41, 5.74) is -0.214. The van der Waals surface area contributed by atoms with Crippen LogP contribution in [0.1, 0.15) is 53.4 Å². The SMILES string of the molecule is CCCNC1CCCN(CCC(=O)NC(C)(C)C)C1=O. The standard InChI is InChI=1S/C15H29N3O2/c1-5-9-16-12-7-6-10-18(14(12)20)11-8-13(19)17-15(2,3)4/h12,16H,5-11H2,1-4H3,(H,17,19). The molecule has 1 unspecified atom stereocenters. The summed E-state index contributed by atoms with van der Waals surface area (Å²) in [6, 6.07) is -0.0608. The van der Waals surface area contributed by atoms with Gasteiger partial charge in [-0.3, -0.25) is 9.59 Å². The molecule has 1 atom stereocenters. The average Bonchev–Trinajstić information content (AvgIpc) is 2.34. The molecule has 1 rings (SSSR count). The molecule has 1 aliphatic heterocycles. The van der Waals surface area contributed by atoms with Gasteiger partial charge in [0, 0.05) is 25.0 Å². The fraction of sp³-hybridized carbons (Fsp3) is 0.867. The van der Waals surface area contributed by atoms with E-state index in [-0.39, 0.29) is 23.4 Å². The van der Waals surface area contributed by atoms with E-state index in [9.17, 15) is 9.59 Å². The molecule has 0 aromatic rings. The van der Waals surface area contributed by atoms with Crippen LogP contribution in [0.4, 0.5) is 0 Å². The Hall–Kier alpha value is -1.10. The van der Waals surface area contributed by atoms with Crippen LogP contribution in [0.25, 0.3) is 0 Å². The first-order chi connectivity index (χ1) is 9.33. The number of carbonyl (C=O) groups excluding carboxylic acids is 2. The lowest BCUT2D eigenvalue weighted by atomic mass is 10.0. The molecule has 116 valence electrons. The minimum absolute atomic E-state index is 0.00828. The second-order valence-electron chi connectivity index (χ2n) is 6.52. The van der Waals surface area contributed by atoms with E-state index < -0.39 is 0 Å². The third-order valence-corrected chi connectivity index (χ3v) is 3.29. The Bertz CT molecular complexity index is 337. The Morgan fingerprint density at radius 2 is 2.10 bits per heavy atom. The Kier molecular flexibility index (Phi) is 6.46. The normalized spacial score (nSPS) is 20.1. The van der Waals surface area contributed by atoms with Gasteiger partial charge in [-0.05, 0) is 46.6 Å². The van der Waals surface area contributed by atoms with Crippen molar-refractivity contribution >= 4 is 11.8 Å². The number of rotatable bonds is 6. The summed E-state index contributed by atoms with van der Waals surface area (Å²) in [6.07, 6.45) is 3.32. The van der Waals surface area contributed by atoms with Crippen LogP contribution < -0.4 is 10.6 Å². The van der Waals surface area contributed by atoms with Crippen molar-refractivity contribution in [3.05, 3.63) is 0 Å². The smallest absolute Gasteiger partial charge is 0.239 e. The minimum atomic E-state index is -0.214. The molecule has 0 spiro atoms. The van der Waals surface area contributed by atoms with Crippen molar-refractivity contribution in [2.45, 2.75) is 65.0 Å². The van der Waals surface area contributed by atoms with E-state index in [1.165, 1.54) is 0 Å². The summed E-state index contributed by atoms with van der Waals surface area (Å²) in [6.45, 7) is 10.1. The van der Waals surface area contributed by atoms with Gasteiger partial charge in [-0.1, -0.05) is 6.92 Å². The zero-order valence-corrected chi connectivity index (χ0v) is 13.3. The maximum atomic E-state index is 12.3. The van der Waals surface area contributed by atoms with E-state index in [2.05, 4.69) is 17.6 Å². The zero-order valence-electron chi connectivity index (χ0n) is 13.3.